The molecule has 1 aromatic carbocycles. The molecule has 21 heavy (non-hydrogen) atoms. The van der Waals surface area contributed by atoms with E-state index in [-0.39, 0.29) is 17.7 Å². The number of carbonyl (C=O) groups excluding carboxylic acids is 2. The van der Waals surface area contributed by atoms with Crippen LogP contribution in [-0.2, 0) is 16.1 Å². The predicted molar refractivity (Wildman–Crippen MR) is 79.8 cm³/mol. The maximum atomic E-state index is 12.2. The molecule has 0 unspecified atom stereocenters. The molecular formula is C16H22N2O3. The van der Waals surface area contributed by atoms with Gasteiger partial charge >= 0.3 is 0 Å². The SMILES string of the molecule is COc1ccccc1CNC(=O)[C@@H]1CCCN(C(C)=O)C1. The van der Waals surface area contributed by atoms with Crippen LogP contribution in [0.2, 0.25) is 0 Å². The van der Waals surface area contributed by atoms with Gasteiger partial charge in [-0.2, -0.15) is 0 Å². The molecule has 0 aliphatic carbocycles. The summed E-state index contributed by atoms with van der Waals surface area (Å²) in [5, 5.41) is 2.95. The molecule has 0 radical (unpaired) electrons. The molecule has 0 saturated carbocycles. The fourth-order valence-corrected chi connectivity index (χ4v) is 2.65. The van der Waals surface area contributed by atoms with Gasteiger partial charge < -0.3 is 15.0 Å². The van der Waals surface area contributed by atoms with Gasteiger partial charge in [-0.15, -0.1) is 0 Å². The molecule has 1 heterocycles. The summed E-state index contributed by atoms with van der Waals surface area (Å²) in [7, 11) is 1.62. The number of ether oxygens (including phenoxy) is 1. The van der Waals surface area contributed by atoms with Gasteiger partial charge in [-0.1, -0.05) is 18.2 Å². The summed E-state index contributed by atoms with van der Waals surface area (Å²) in [6, 6.07) is 7.62. The quantitative estimate of drug-likeness (QED) is 0.915. The fraction of sp³-hybridized carbons (Fsp3) is 0.500. The van der Waals surface area contributed by atoms with E-state index in [1.165, 1.54) is 0 Å². The van der Waals surface area contributed by atoms with E-state index in [9.17, 15) is 9.59 Å². The standard InChI is InChI=1S/C16H22N2O3/c1-12(19)18-9-5-7-14(11-18)16(20)17-10-13-6-3-4-8-15(13)21-2/h3-4,6,8,14H,5,7,9-11H2,1-2H3,(H,17,20)/t14-/m1/s1. The number of methoxy groups -OCH3 is 1. The first-order valence-corrected chi connectivity index (χ1v) is 7.27. The first-order valence-electron chi connectivity index (χ1n) is 7.27. The third-order valence-electron chi connectivity index (χ3n) is 3.88. The minimum atomic E-state index is -0.114. The number of hydrogen-bond acceptors (Lipinski definition) is 3. The molecule has 0 spiro atoms. The lowest BCUT2D eigenvalue weighted by molar-refractivity contribution is -0.134. The molecule has 0 aromatic heterocycles. The number of hydrogen-bond donors (Lipinski definition) is 1. The van der Waals surface area contributed by atoms with Crippen molar-refractivity contribution in [1.82, 2.24) is 10.2 Å². The van der Waals surface area contributed by atoms with Crippen LogP contribution in [0.15, 0.2) is 24.3 Å². The van der Waals surface area contributed by atoms with E-state index in [0.29, 0.717) is 13.1 Å². The molecule has 5 heteroatoms. The molecule has 5 nitrogen and oxygen atoms in total. The van der Waals surface area contributed by atoms with Crippen LogP contribution in [0.5, 0.6) is 5.75 Å². The van der Waals surface area contributed by atoms with E-state index < -0.39 is 0 Å². The Kier molecular flexibility index (Phi) is 5.20. The smallest absolute Gasteiger partial charge is 0.225 e. The molecular weight excluding hydrogens is 268 g/mol. The molecule has 1 aliphatic heterocycles. The van der Waals surface area contributed by atoms with Gasteiger partial charge in [-0.05, 0) is 18.9 Å². The summed E-state index contributed by atoms with van der Waals surface area (Å²) >= 11 is 0. The second kappa shape index (κ2) is 7.11. The monoisotopic (exact) mass is 290 g/mol. The summed E-state index contributed by atoms with van der Waals surface area (Å²) in [4.78, 5) is 25.4. The lowest BCUT2D eigenvalue weighted by Gasteiger charge is -2.31. The zero-order valence-electron chi connectivity index (χ0n) is 12.6. The number of carbonyl (C=O) groups is 2. The normalized spacial score (nSPS) is 18.2. The van der Waals surface area contributed by atoms with Crippen LogP contribution in [0.1, 0.15) is 25.3 Å². The Bertz CT molecular complexity index is 516. The van der Waals surface area contributed by atoms with E-state index >= 15 is 0 Å². The van der Waals surface area contributed by atoms with Crippen molar-refractivity contribution in [3.8, 4) is 5.75 Å². The Balaban J connectivity index is 1.91. The minimum absolute atomic E-state index is 0.00635. The first kappa shape index (κ1) is 15.4. The average molecular weight is 290 g/mol. The molecule has 2 rings (SSSR count). The third-order valence-corrected chi connectivity index (χ3v) is 3.88. The summed E-state index contributed by atoms with van der Waals surface area (Å²) in [6.07, 6.45) is 1.72. The van der Waals surface area contributed by atoms with E-state index in [1.54, 1.807) is 18.9 Å². The number of piperidine rings is 1. The van der Waals surface area contributed by atoms with Crippen LogP contribution in [0.25, 0.3) is 0 Å². The number of nitrogens with zero attached hydrogens (tertiary/aromatic N) is 1. The van der Waals surface area contributed by atoms with Gasteiger partial charge in [0.05, 0.1) is 13.0 Å². The summed E-state index contributed by atoms with van der Waals surface area (Å²) in [5.41, 5.74) is 0.951. The lowest BCUT2D eigenvalue weighted by atomic mass is 9.97. The Hall–Kier alpha value is -2.04. The zero-order chi connectivity index (χ0) is 15.2. The molecule has 1 aliphatic rings. The van der Waals surface area contributed by atoms with Gasteiger partial charge in [0, 0.05) is 32.1 Å². The number of nitrogens with one attached hydrogen (secondary N) is 1. The molecule has 2 amide bonds. The van der Waals surface area contributed by atoms with Crippen molar-refractivity contribution in [2.24, 2.45) is 5.92 Å². The minimum Gasteiger partial charge on any atom is -0.496 e. The van der Waals surface area contributed by atoms with Crippen LogP contribution in [0.3, 0.4) is 0 Å². The second-order valence-corrected chi connectivity index (χ2v) is 5.33. The van der Waals surface area contributed by atoms with Gasteiger partial charge in [0.15, 0.2) is 0 Å². The summed E-state index contributed by atoms with van der Waals surface area (Å²) < 4.78 is 5.27. The number of amides is 2. The lowest BCUT2D eigenvalue weighted by Crippen LogP contribution is -2.44. The number of para-hydroxylation sites is 1. The van der Waals surface area contributed by atoms with Gasteiger partial charge in [-0.3, -0.25) is 9.59 Å². The summed E-state index contributed by atoms with van der Waals surface area (Å²) in [6.45, 7) is 3.27. The number of benzene rings is 1. The predicted octanol–water partition coefficient (Wildman–Crippen LogP) is 1.57. The topological polar surface area (TPSA) is 58.6 Å². The van der Waals surface area contributed by atoms with Crippen molar-refractivity contribution in [2.75, 3.05) is 20.2 Å². The van der Waals surface area contributed by atoms with E-state index in [4.69, 9.17) is 4.74 Å². The van der Waals surface area contributed by atoms with Crippen molar-refractivity contribution in [3.63, 3.8) is 0 Å². The largest absolute Gasteiger partial charge is 0.496 e. The highest BCUT2D eigenvalue weighted by atomic mass is 16.5. The highest BCUT2D eigenvalue weighted by Gasteiger charge is 2.26. The summed E-state index contributed by atoms with van der Waals surface area (Å²) in [5.74, 6) is 0.702. The van der Waals surface area contributed by atoms with Crippen molar-refractivity contribution in [1.29, 1.82) is 0 Å². The highest BCUT2D eigenvalue weighted by Crippen LogP contribution is 2.19. The first-order chi connectivity index (χ1) is 10.1. The second-order valence-electron chi connectivity index (χ2n) is 5.33. The van der Waals surface area contributed by atoms with E-state index in [1.807, 2.05) is 24.3 Å². The molecule has 114 valence electrons. The number of likely N-dealkylation sites (tertiary alicyclic amines) is 1. The van der Waals surface area contributed by atoms with E-state index in [0.717, 1.165) is 30.7 Å². The molecule has 1 N–H and O–H groups in total. The van der Waals surface area contributed by atoms with Gasteiger partial charge in [0.2, 0.25) is 11.8 Å². The van der Waals surface area contributed by atoms with Crippen molar-refractivity contribution >= 4 is 11.8 Å². The Morgan fingerprint density at radius 3 is 2.86 bits per heavy atom. The molecule has 1 saturated heterocycles. The maximum Gasteiger partial charge on any atom is 0.225 e. The molecule has 1 aromatic rings. The fourth-order valence-electron chi connectivity index (χ4n) is 2.65. The van der Waals surface area contributed by atoms with Gasteiger partial charge in [-0.25, -0.2) is 0 Å². The van der Waals surface area contributed by atoms with Crippen LogP contribution >= 0.6 is 0 Å². The van der Waals surface area contributed by atoms with Gasteiger partial charge in [0.1, 0.15) is 5.75 Å². The third kappa shape index (κ3) is 3.97. The molecule has 0 bridgehead atoms. The van der Waals surface area contributed by atoms with Crippen LogP contribution in [0, 0.1) is 5.92 Å². The highest BCUT2D eigenvalue weighted by molar-refractivity contribution is 5.80. The van der Waals surface area contributed by atoms with Crippen molar-refractivity contribution < 1.29 is 14.3 Å². The average Bonchev–Trinajstić information content (AvgIpc) is 2.52. The Labute approximate surface area is 125 Å². The molecule has 1 fully saturated rings. The van der Waals surface area contributed by atoms with Crippen molar-refractivity contribution in [2.45, 2.75) is 26.3 Å². The number of rotatable bonds is 4. The maximum absolute atomic E-state index is 12.2. The molecule has 1 atom stereocenters. The van der Waals surface area contributed by atoms with Gasteiger partial charge in [0.25, 0.3) is 0 Å². The van der Waals surface area contributed by atoms with Crippen LogP contribution < -0.4 is 10.1 Å². The van der Waals surface area contributed by atoms with E-state index in [2.05, 4.69) is 5.32 Å². The zero-order valence-corrected chi connectivity index (χ0v) is 12.6. The van der Waals surface area contributed by atoms with Crippen molar-refractivity contribution in [3.05, 3.63) is 29.8 Å². The Morgan fingerprint density at radius 2 is 2.14 bits per heavy atom. The van der Waals surface area contributed by atoms with Crippen LogP contribution in [-0.4, -0.2) is 36.9 Å². The Morgan fingerprint density at radius 1 is 1.38 bits per heavy atom. The van der Waals surface area contributed by atoms with Crippen LogP contribution in [0.4, 0.5) is 0 Å².